The first kappa shape index (κ1) is 10.5. The van der Waals surface area contributed by atoms with E-state index in [1.54, 1.807) is 6.26 Å². The van der Waals surface area contributed by atoms with Gasteiger partial charge in [0.25, 0.3) is 0 Å². The van der Waals surface area contributed by atoms with E-state index in [0.29, 0.717) is 4.90 Å². The van der Waals surface area contributed by atoms with Gasteiger partial charge >= 0.3 is 5.69 Å². The molecule has 70 valence electrons. The van der Waals surface area contributed by atoms with E-state index < -0.39 is 16.4 Å². The van der Waals surface area contributed by atoms with E-state index in [-0.39, 0.29) is 4.47 Å². The fraction of sp³-hybridized carbons (Fsp3) is 0.143. The van der Waals surface area contributed by atoms with Crippen LogP contribution in [-0.4, -0.2) is 11.2 Å². The van der Waals surface area contributed by atoms with E-state index in [1.165, 1.54) is 23.9 Å². The predicted molar refractivity (Wildman–Crippen MR) is 52.5 cm³/mol. The average molecular weight is 266 g/mol. The third kappa shape index (κ3) is 2.19. The van der Waals surface area contributed by atoms with Crippen molar-refractivity contribution in [3.63, 3.8) is 0 Å². The summed E-state index contributed by atoms with van der Waals surface area (Å²) in [7, 11) is 0. The van der Waals surface area contributed by atoms with E-state index in [9.17, 15) is 14.5 Å². The van der Waals surface area contributed by atoms with Crippen molar-refractivity contribution in [2.24, 2.45) is 0 Å². The quantitative estimate of drug-likeness (QED) is 0.469. The maximum absolute atomic E-state index is 13.1. The van der Waals surface area contributed by atoms with Crippen molar-refractivity contribution in [2.45, 2.75) is 4.90 Å². The van der Waals surface area contributed by atoms with Gasteiger partial charge in [0.15, 0.2) is 0 Å². The van der Waals surface area contributed by atoms with Crippen molar-refractivity contribution >= 4 is 33.4 Å². The first-order chi connectivity index (χ1) is 6.06. The summed E-state index contributed by atoms with van der Waals surface area (Å²) in [6.45, 7) is 0. The van der Waals surface area contributed by atoms with Crippen molar-refractivity contribution in [1.82, 2.24) is 0 Å². The Balaban J connectivity index is 3.33. The van der Waals surface area contributed by atoms with Gasteiger partial charge in [-0.05, 0) is 28.3 Å². The van der Waals surface area contributed by atoms with Crippen LogP contribution in [0.1, 0.15) is 0 Å². The van der Waals surface area contributed by atoms with Gasteiger partial charge in [0.1, 0.15) is 0 Å². The van der Waals surface area contributed by atoms with Gasteiger partial charge in [-0.25, -0.2) is 0 Å². The van der Waals surface area contributed by atoms with Crippen LogP contribution in [0.15, 0.2) is 21.5 Å². The number of nitro benzene ring substituents is 1. The molecule has 0 aromatic heterocycles. The van der Waals surface area contributed by atoms with Crippen LogP contribution in [0.2, 0.25) is 0 Å². The molecule has 6 heteroatoms. The third-order valence-corrected chi connectivity index (χ3v) is 2.70. The molecule has 0 spiro atoms. The molecule has 1 aromatic carbocycles. The van der Waals surface area contributed by atoms with Gasteiger partial charge in [0.2, 0.25) is 5.82 Å². The minimum absolute atomic E-state index is 0.117. The molecule has 0 saturated carbocycles. The molecular weight excluding hydrogens is 261 g/mol. The summed E-state index contributed by atoms with van der Waals surface area (Å²) in [6.07, 6.45) is 1.77. The number of rotatable bonds is 2. The summed E-state index contributed by atoms with van der Waals surface area (Å²) < 4.78 is 13.2. The fourth-order valence-electron chi connectivity index (χ4n) is 0.801. The third-order valence-electron chi connectivity index (χ3n) is 1.41. The number of hydrogen-bond acceptors (Lipinski definition) is 3. The zero-order valence-electron chi connectivity index (χ0n) is 6.58. The molecule has 0 fully saturated rings. The second-order valence-electron chi connectivity index (χ2n) is 2.20. The van der Waals surface area contributed by atoms with Crippen molar-refractivity contribution in [2.75, 3.05) is 6.26 Å². The number of hydrogen-bond donors (Lipinski definition) is 0. The Bertz CT molecular complexity index is 359. The second kappa shape index (κ2) is 4.06. The molecule has 0 amide bonds. The van der Waals surface area contributed by atoms with Crippen molar-refractivity contribution in [3.05, 3.63) is 32.5 Å². The lowest BCUT2D eigenvalue weighted by molar-refractivity contribution is -0.387. The van der Waals surface area contributed by atoms with Crippen LogP contribution in [-0.2, 0) is 0 Å². The summed E-state index contributed by atoms with van der Waals surface area (Å²) in [5.74, 6) is -0.831. The summed E-state index contributed by atoms with van der Waals surface area (Å²) in [5, 5.41) is 10.4. The Morgan fingerprint density at radius 1 is 1.62 bits per heavy atom. The van der Waals surface area contributed by atoms with Crippen molar-refractivity contribution < 1.29 is 9.31 Å². The van der Waals surface area contributed by atoms with Crippen molar-refractivity contribution in [3.8, 4) is 0 Å². The smallest absolute Gasteiger partial charge is 0.258 e. The molecule has 0 heterocycles. The minimum Gasteiger partial charge on any atom is -0.258 e. The number of benzene rings is 1. The van der Waals surface area contributed by atoms with Gasteiger partial charge in [-0.3, -0.25) is 10.1 Å². The molecule has 0 N–H and O–H groups in total. The zero-order chi connectivity index (χ0) is 10.0. The normalized spacial score (nSPS) is 10.1. The standard InChI is InChI=1S/C7H5BrFNO2S/c1-13-4-2-5(8)7(9)6(3-4)10(11)12/h2-3H,1H3. The molecule has 1 aromatic rings. The monoisotopic (exact) mass is 265 g/mol. The Morgan fingerprint density at radius 3 is 2.69 bits per heavy atom. The van der Waals surface area contributed by atoms with Gasteiger partial charge in [-0.1, -0.05) is 0 Å². The zero-order valence-corrected chi connectivity index (χ0v) is 8.99. The van der Waals surface area contributed by atoms with Gasteiger partial charge in [0.05, 0.1) is 9.40 Å². The van der Waals surface area contributed by atoms with E-state index in [1.807, 2.05) is 0 Å². The van der Waals surface area contributed by atoms with Gasteiger partial charge in [0, 0.05) is 11.0 Å². The molecule has 0 radical (unpaired) electrons. The van der Waals surface area contributed by atoms with E-state index >= 15 is 0 Å². The number of thioether (sulfide) groups is 1. The molecule has 0 atom stereocenters. The summed E-state index contributed by atoms with van der Waals surface area (Å²) in [4.78, 5) is 10.3. The molecule has 1 rings (SSSR count). The highest BCUT2D eigenvalue weighted by Gasteiger charge is 2.17. The van der Waals surface area contributed by atoms with Crippen LogP contribution < -0.4 is 0 Å². The topological polar surface area (TPSA) is 43.1 Å². The number of halogens is 2. The Labute approximate surface area is 86.6 Å². The molecule has 0 aliphatic rings. The van der Waals surface area contributed by atoms with Crippen LogP contribution in [0.3, 0.4) is 0 Å². The predicted octanol–water partition coefficient (Wildman–Crippen LogP) is 3.22. The first-order valence-corrected chi connectivity index (χ1v) is 5.25. The van der Waals surface area contributed by atoms with Gasteiger partial charge < -0.3 is 0 Å². The molecule has 0 saturated heterocycles. The van der Waals surface area contributed by atoms with E-state index in [0.717, 1.165) is 0 Å². The van der Waals surface area contributed by atoms with Crippen LogP contribution in [0, 0.1) is 15.9 Å². The maximum Gasteiger partial charge on any atom is 0.307 e. The lowest BCUT2D eigenvalue weighted by atomic mass is 10.3. The highest BCUT2D eigenvalue weighted by Crippen LogP contribution is 2.30. The highest BCUT2D eigenvalue weighted by atomic mass is 79.9. The molecular formula is C7H5BrFNO2S. The van der Waals surface area contributed by atoms with Crippen LogP contribution >= 0.6 is 27.7 Å². The summed E-state index contributed by atoms with van der Waals surface area (Å²) in [6, 6.07) is 2.72. The number of nitrogens with zero attached hydrogens (tertiary/aromatic N) is 1. The number of nitro groups is 1. The lowest BCUT2D eigenvalue weighted by Gasteiger charge is -1.99. The lowest BCUT2D eigenvalue weighted by Crippen LogP contribution is -1.93. The summed E-state index contributed by atoms with van der Waals surface area (Å²) in [5.41, 5.74) is -0.501. The minimum atomic E-state index is -0.831. The molecule has 0 bridgehead atoms. The molecule has 3 nitrogen and oxygen atoms in total. The van der Waals surface area contributed by atoms with Crippen LogP contribution in [0.25, 0.3) is 0 Å². The molecule has 0 aliphatic carbocycles. The first-order valence-electron chi connectivity index (χ1n) is 3.23. The Hall–Kier alpha value is -0.620. The summed E-state index contributed by atoms with van der Waals surface area (Å²) >= 11 is 4.24. The Morgan fingerprint density at radius 2 is 2.23 bits per heavy atom. The SMILES string of the molecule is CSc1cc(Br)c(F)c([N+](=O)[O-])c1. The Kier molecular flexibility index (Phi) is 3.27. The van der Waals surface area contributed by atoms with E-state index in [2.05, 4.69) is 15.9 Å². The average Bonchev–Trinajstić information content (AvgIpc) is 2.09. The molecule has 13 heavy (non-hydrogen) atoms. The maximum atomic E-state index is 13.1. The van der Waals surface area contributed by atoms with E-state index in [4.69, 9.17) is 0 Å². The second-order valence-corrected chi connectivity index (χ2v) is 3.93. The molecule has 0 aliphatic heterocycles. The van der Waals surface area contributed by atoms with Crippen molar-refractivity contribution in [1.29, 1.82) is 0 Å². The largest absolute Gasteiger partial charge is 0.307 e. The van der Waals surface area contributed by atoms with Gasteiger partial charge in [-0.15, -0.1) is 11.8 Å². The fourth-order valence-corrected chi connectivity index (χ4v) is 1.87. The highest BCUT2D eigenvalue weighted by molar-refractivity contribution is 9.10. The molecule has 0 unspecified atom stereocenters. The van der Waals surface area contributed by atoms with Crippen LogP contribution in [0.5, 0.6) is 0 Å². The van der Waals surface area contributed by atoms with Gasteiger partial charge in [-0.2, -0.15) is 4.39 Å². The van der Waals surface area contributed by atoms with Crippen LogP contribution in [0.4, 0.5) is 10.1 Å².